The predicted molar refractivity (Wildman–Crippen MR) is 55.6 cm³/mol. The predicted octanol–water partition coefficient (Wildman–Crippen LogP) is 3.25. The van der Waals surface area contributed by atoms with Gasteiger partial charge in [0, 0.05) is 0 Å². The minimum absolute atomic E-state index is 0.164. The zero-order valence-electron chi connectivity index (χ0n) is 7.51. The van der Waals surface area contributed by atoms with Gasteiger partial charge in [0.05, 0.1) is 6.10 Å². The Hall–Kier alpha value is -0.530. The van der Waals surface area contributed by atoms with Crippen LogP contribution in [0.1, 0.15) is 18.5 Å². The van der Waals surface area contributed by atoms with Gasteiger partial charge in [-0.25, -0.2) is 4.98 Å². The highest BCUT2D eigenvalue weighted by atomic mass is 127. The SMILES string of the molecule is FC(F)(F)c1ccc(OC2CC2)c(I)n1. The van der Waals surface area contributed by atoms with Crippen LogP contribution in [0, 0.1) is 3.70 Å². The van der Waals surface area contributed by atoms with Gasteiger partial charge in [0.1, 0.15) is 9.39 Å². The molecule has 15 heavy (non-hydrogen) atoms. The zero-order valence-corrected chi connectivity index (χ0v) is 9.67. The Bertz CT molecular complexity index is 376. The topological polar surface area (TPSA) is 22.1 Å². The number of ether oxygens (including phenoxy) is 1. The molecule has 0 unspecified atom stereocenters. The third-order valence-corrected chi connectivity index (χ3v) is 2.70. The molecule has 82 valence electrons. The fraction of sp³-hybridized carbons (Fsp3) is 0.444. The summed E-state index contributed by atoms with van der Waals surface area (Å²) < 4.78 is 42.4. The highest BCUT2D eigenvalue weighted by molar-refractivity contribution is 14.1. The summed E-state index contributed by atoms with van der Waals surface area (Å²) >= 11 is 1.75. The third-order valence-electron chi connectivity index (χ3n) is 1.92. The molecular weight excluding hydrogens is 322 g/mol. The third kappa shape index (κ3) is 2.73. The maximum Gasteiger partial charge on any atom is 0.433 e. The van der Waals surface area contributed by atoms with Crippen LogP contribution in [-0.4, -0.2) is 11.1 Å². The first-order valence-electron chi connectivity index (χ1n) is 4.37. The first kappa shape index (κ1) is 11.0. The normalized spacial score (nSPS) is 16.5. The number of halogens is 4. The molecule has 0 bridgehead atoms. The molecule has 0 N–H and O–H groups in total. The lowest BCUT2D eigenvalue weighted by atomic mass is 10.3. The summed E-state index contributed by atoms with van der Waals surface area (Å²) in [4.78, 5) is 3.46. The lowest BCUT2D eigenvalue weighted by Crippen LogP contribution is -2.09. The van der Waals surface area contributed by atoms with Gasteiger partial charge in [-0.15, -0.1) is 0 Å². The van der Waals surface area contributed by atoms with Gasteiger partial charge in [-0.3, -0.25) is 0 Å². The van der Waals surface area contributed by atoms with Crippen molar-refractivity contribution in [1.29, 1.82) is 0 Å². The van der Waals surface area contributed by atoms with E-state index in [2.05, 4.69) is 4.98 Å². The maximum atomic E-state index is 12.3. The molecule has 1 heterocycles. The number of hydrogen-bond acceptors (Lipinski definition) is 2. The lowest BCUT2D eigenvalue weighted by Gasteiger charge is -2.09. The van der Waals surface area contributed by atoms with Crippen LogP contribution < -0.4 is 4.74 Å². The number of aromatic nitrogens is 1. The first-order valence-corrected chi connectivity index (χ1v) is 5.45. The fourth-order valence-corrected chi connectivity index (χ4v) is 1.60. The van der Waals surface area contributed by atoms with E-state index in [1.165, 1.54) is 6.07 Å². The molecule has 1 aliphatic carbocycles. The molecule has 0 spiro atoms. The van der Waals surface area contributed by atoms with E-state index in [-0.39, 0.29) is 9.80 Å². The number of alkyl halides is 3. The van der Waals surface area contributed by atoms with Gasteiger partial charge in [-0.1, -0.05) is 0 Å². The van der Waals surface area contributed by atoms with Gasteiger partial charge in [0.25, 0.3) is 0 Å². The molecule has 0 atom stereocenters. The summed E-state index contributed by atoms with van der Waals surface area (Å²) in [6.45, 7) is 0. The van der Waals surface area contributed by atoms with Crippen LogP contribution in [0.4, 0.5) is 13.2 Å². The molecule has 1 aromatic heterocycles. The molecule has 0 aliphatic heterocycles. The molecule has 2 nitrogen and oxygen atoms in total. The average molecular weight is 329 g/mol. The zero-order chi connectivity index (χ0) is 11.1. The van der Waals surface area contributed by atoms with Gasteiger partial charge >= 0.3 is 6.18 Å². The van der Waals surface area contributed by atoms with Gasteiger partial charge in [0.2, 0.25) is 0 Å². The second-order valence-corrected chi connectivity index (χ2v) is 4.32. The second-order valence-electron chi connectivity index (χ2n) is 3.30. The van der Waals surface area contributed by atoms with Gasteiger partial charge in [-0.05, 0) is 47.6 Å². The minimum Gasteiger partial charge on any atom is -0.488 e. The maximum absolute atomic E-state index is 12.3. The van der Waals surface area contributed by atoms with Crippen LogP contribution in [0.15, 0.2) is 12.1 Å². The number of rotatable bonds is 2. The Morgan fingerprint density at radius 2 is 2.00 bits per heavy atom. The number of hydrogen-bond donors (Lipinski definition) is 0. The standard InChI is InChI=1S/C9H7F3INO/c10-9(11,12)7-4-3-6(8(13)14-7)15-5-1-2-5/h3-5H,1-2H2. The number of nitrogens with zero attached hydrogens (tertiary/aromatic N) is 1. The van der Waals surface area contributed by atoms with Crippen LogP contribution >= 0.6 is 22.6 Å². The van der Waals surface area contributed by atoms with Crippen LogP contribution in [0.5, 0.6) is 5.75 Å². The van der Waals surface area contributed by atoms with E-state index in [4.69, 9.17) is 4.74 Å². The van der Waals surface area contributed by atoms with Crippen LogP contribution in [0.2, 0.25) is 0 Å². The Morgan fingerprint density at radius 3 is 2.47 bits per heavy atom. The summed E-state index contributed by atoms with van der Waals surface area (Å²) in [5, 5.41) is 0. The molecule has 2 rings (SSSR count). The van der Waals surface area contributed by atoms with Crippen molar-refractivity contribution in [1.82, 2.24) is 4.98 Å². The lowest BCUT2D eigenvalue weighted by molar-refractivity contribution is -0.141. The molecule has 0 amide bonds. The van der Waals surface area contributed by atoms with Crippen molar-refractivity contribution in [3.8, 4) is 5.75 Å². The Labute approximate surface area is 98.0 Å². The molecule has 0 aromatic carbocycles. The average Bonchev–Trinajstić information content (AvgIpc) is 2.90. The van der Waals surface area contributed by atoms with Crippen molar-refractivity contribution in [2.24, 2.45) is 0 Å². The van der Waals surface area contributed by atoms with E-state index in [1.807, 2.05) is 0 Å². The highest BCUT2D eigenvalue weighted by Crippen LogP contribution is 2.33. The number of pyridine rings is 1. The van der Waals surface area contributed by atoms with E-state index in [0.717, 1.165) is 18.9 Å². The van der Waals surface area contributed by atoms with E-state index < -0.39 is 11.9 Å². The summed E-state index contributed by atoms with van der Waals surface area (Å²) in [5.74, 6) is 0.436. The molecule has 1 saturated carbocycles. The van der Waals surface area contributed by atoms with E-state index in [1.54, 1.807) is 22.6 Å². The van der Waals surface area contributed by atoms with Crippen molar-refractivity contribution in [2.75, 3.05) is 0 Å². The molecule has 1 aliphatic rings. The Kier molecular flexibility index (Phi) is 2.78. The molecule has 6 heteroatoms. The van der Waals surface area contributed by atoms with Crippen molar-refractivity contribution < 1.29 is 17.9 Å². The Balaban J connectivity index is 2.21. The molecule has 1 fully saturated rings. The largest absolute Gasteiger partial charge is 0.488 e. The first-order chi connectivity index (χ1) is 6.97. The quantitative estimate of drug-likeness (QED) is 0.614. The van der Waals surface area contributed by atoms with Crippen molar-refractivity contribution in [2.45, 2.75) is 25.1 Å². The summed E-state index contributed by atoms with van der Waals surface area (Å²) in [5.41, 5.74) is -0.880. The second kappa shape index (κ2) is 3.80. The van der Waals surface area contributed by atoms with Gasteiger partial charge in [0.15, 0.2) is 5.75 Å². The summed E-state index contributed by atoms with van der Waals surface area (Å²) in [7, 11) is 0. The monoisotopic (exact) mass is 329 g/mol. The van der Waals surface area contributed by atoms with E-state index >= 15 is 0 Å². The Morgan fingerprint density at radius 1 is 1.33 bits per heavy atom. The van der Waals surface area contributed by atoms with Gasteiger partial charge in [-0.2, -0.15) is 13.2 Å². The summed E-state index contributed by atoms with van der Waals surface area (Å²) in [6, 6.07) is 2.27. The molecule has 0 radical (unpaired) electrons. The van der Waals surface area contributed by atoms with Crippen molar-refractivity contribution >= 4 is 22.6 Å². The van der Waals surface area contributed by atoms with E-state index in [9.17, 15) is 13.2 Å². The van der Waals surface area contributed by atoms with E-state index in [0.29, 0.717) is 5.75 Å². The molecule has 1 aromatic rings. The molecule has 0 saturated heterocycles. The van der Waals surface area contributed by atoms with Crippen LogP contribution in [0.3, 0.4) is 0 Å². The van der Waals surface area contributed by atoms with Gasteiger partial charge < -0.3 is 4.74 Å². The minimum atomic E-state index is -4.39. The van der Waals surface area contributed by atoms with Crippen molar-refractivity contribution in [3.05, 3.63) is 21.5 Å². The molecular formula is C9H7F3INO. The smallest absolute Gasteiger partial charge is 0.433 e. The fourth-order valence-electron chi connectivity index (χ4n) is 1.03. The summed E-state index contributed by atoms with van der Waals surface area (Å²) in [6.07, 6.45) is -2.29. The van der Waals surface area contributed by atoms with Crippen LogP contribution in [-0.2, 0) is 6.18 Å². The highest BCUT2D eigenvalue weighted by Gasteiger charge is 2.33. The van der Waals surface area contributed by atoms with Crippen molar-refractivity contribution in [3.63, 3.8) is 0 Å². The van der Waals surface area contributed by atoms with Crippen LogP contribution in [0.25, 0.3) is 0 Å².